The molecule has 0 saturated heterocycles. The number of aryl methyl sites for hydroxylation is 2. The molecule has 164 valence electrons. The Balaban J connectivity index is 1.59. The minimum atomic E-state index is -1.17. The first-order valence-corrected chi connectivity index (χ1v) is 10.3. The number of hydrogen-bond acceptors (Lipinski definition) is 5. The highest BCUT2D eigenvalue weighted by molar-refractivity contribution is 6.30. The summed E-state index contributed by atoms with van der Waals surface area (Å²) in [5, 5.41) is 14.1. The van der Waals surface area contributed by atoms with Crippen LogP contribution in [-0.4, -0.2) is 23.0 Å². The smallest absolute Gasteiger partial charge is 0.340 e. The van der Waals surface area contributed by atoms with Gasteiger partial charge in [-0.1, -0.05) is 23.7 Å². The molecule has 7 nitrogen and oxygen atoms in total. The van der Waals surface area contributed by atoms with E-state index in [0.717, 1.165) is 10.9 Å². The molecule has 4 aromatic rings. The van der Waals surface area contributed by atoms with Crippen LogP contribution in [0.4, 0.5) is 0 Å². The van der Waals surface area contributed by atoms with E-state index < -0.39 is 23.5 Å². The Kier molecular flexibility index (Phi) is 5.76. The monoisotopic (exact) mass is 453 g/mol. The van der Waals surface area contributed by atoms with E-state index in [4.69, 9.17) is 20.4 Å². The Morgan fingerprint density at radius 3 is 2.50 bits per heavy atom. The predicted molar refractivity (Wildman–Crippen MR) is 120 cm³/mol. The molecular formula is C24H20ClNO6. The van der Waals surface area contributed by atoms with Gasteiger partial charge >= 0.3 is 11.6 Å². The molecule has 32 heavy (non-hydrogen) atoms. The maximum atomic E-state index is 12.6. The van der Waals surface area contributed by atoms with Crippen molar-refractivity contribution in [2.45, 2.75) is 32.7 Å². The van der Waals surface area contributed by atoms with Gasteiger partial charge in [0, 0.05) is 28.3 Å². The Labute approximate surface area is 187 Å². The van der Waals surface area contributed by atoms with Crippen LogP contribution in [0, 0.1) is 13.8 Å². The first-order chi connectivity index (χ1) is 15.2. The maximum absolute atomic E-state index is 12.6. The molecular weight excluding hydrogens is 434 g/mol. The van der Waals surface area contributed by atoms with Crippen LogP contribution in [0.2, 0.25) is 5.02 Å². The zero-order valence-corrected chi connectivity index (χ0v) is 18.2. The molecule has 2 aromatic carbocycles. The summed E-state index contributed by atoms with van der Waals surface area (Å²) in [6.45, 7) is 3.65. The van der Waals surface area contributed by atoms with E-state index >= 15 is 0 Å². The van der Waals surface area contributed by atoms with Crippen LogP contribution in [0.15, 0.2) is 56.3 Å². The number of aliphatic carboxylic acids is 1. The third-order valence-corrected chi connectivity index (χ3v) is 5.75. The molecule has 0 bridgehead atoms. The number of carbonyl (C=O) groups is 2. The quantitative estimate of drug-likeness (QED) is 0.424. The molecule has 0 radical (unpaired) electrons. The Morgan fingerprint density at radius 2 is 1.81 bits per heavy atom. The van der Waals surface area contributed by atoms with Gasteiger partial charge < -0.3 is 19.3 Å². The summed E-state index contributed by atoms with van der Waals surface area (Å²) in [4.78, 5) is 36.9. The van der Waals surface area contributed by atoms with Crippen molar-refractivity contribution in [3.05, 3.63) is 80.4 Å². The number of nitrogens with one attached hydrogen (secondary N) is 1. The molecule has 0 spiro atoms. The summed E-state index contributed by atoms with van der Waals surface area (Å²) >= 11 is 5.86. The summed E-state index contributed by atoms with van der Waals surface area (Å²) in [5.41, 5.74) is 2.78. The van der Waals surface area contributed by atoms with Crippen molar-refractivity contribution >= 4 is 45.4 Å². The Bertz CT molecular complexity index is 1400. The van der Waals surface area contributed by atoms with Crippen molar-refractivity contribution in [1.82, 2.24) is 5.32 Å². The second kappa shape index (κ2) is 8.51. The molecule has 0 aliphatic carbocycles. The average Bonchev–Trinajstić information content (AvgIpc) is 3.10. The zero-order valence-electron chi connectivity index (χ0n) is 17.4. The van der Waals surface area contributed by atoms with Gasteiger partial charge in [0.25, 0.3) is 0 Å². The number of halogens is 1. The number of hydrogen-bond donors (Lipinski definition) is 2. The highest BCUT2D eigenvalue weighted by Gasteiger charge is 2.23. The number of carbonyl (C=O) groups excluding carboxylic acids is 1. The lowest BCUT2D eigenvalue weighted by Gasteiger charge is -2.15. The van der Waals surface area contributed by atoms with Gasteiger partial charge in [-0.2, -0.15) is 0 Å². The fourth-order valence-electron chi connectivity index (χ4n) is 3.70. The van der Waals surface area contributed by atoms with E-state index in [1.54, 1.807) is 43.5 Å². The van der Waals surface area contributed by atoms with Crippen molar-refractivity contribution in [3.8, 4) is 0 Å². The number of furan rings is 1. The minimum Gasteiger partial charge on any atom is -0.480 e. The van der Waals surface area contributed by atoms with Gasteiger partial charge in [-0.15, -0.1) is 0 Å². The van der Waals surface area contributed by atoms with E-state index in [1.165, 1.54) is 0 Å². The molecule has 0 aliphatic rings. The molecule has 2 aromatic heterocycles. The fraction of sp³-hybridized carbons (Fsp3) is 0.208. The van der Waals surface area contributed by atoms with Crippen LogP contribution in [0.1, 0.15) is 22.3 Å². The second-order valence-corrected chi connectivity index (χ2v) is 8.16. The Morgan fingerprint density at radius 1 is 1.09 bits per heavy atom. The first kappa shape index (κ1) is 21.6. The molecule has 2 heterocycles. The van der Waals surface area contributed by atoms with Crippen molar-refractivity contribution in [2.75, 3.05) is 0 Å². The topological polar surface area (TPSA) is 110 Å². The molecule has 4 rings (SSSR count). The molecule has 1 unspecified atom stereocenters. The van der Waals surface area contributed by atoms with Crippen molar-refractivity contribution in [3.63, 3.8) is 0 Å². The van der Waals surface area contributed by atoms with Crippen LogP contribution in [-0.2, 0) is 22.4 Å². The highest BCUT2D eigenvalue weighted by atomic mass is 35.5. The number of carboxylic acid groups (broad SMARTS) is 1. The molecule has 8 heteroatoms. The minimum absolute atomic E-state index is 0.0846. The SMILES string of the molecule is Cc1coc2cc3oc(=O)c(CC(=O)NC(Cc4ccc(Cl)cc4)C(=O)O)c(C)c3cc12. The first-order valence-electron chi connectivity index (χ1n) is 9.93. The van der Waals surface area contributed by atoms with Crippen molar-refractivity contribution in [1.29, 1.82) is 0 Å². The summed E-state index contributed by atoms with van der Waals surface area (Å²) in [5.74, 6) is -1.75. The van der Waals surface area contributed by atoms with Crippen LogP contribution < -0.4 is 10.9 Å². The number of amides is 1. The van der Waals surface area contributed by atoms with Crippen LogP contribution in [0.25, 0.3) is 21.9 Å². The number of fused-ring (bicyclic) bond motifs is 2. The Hall–Kier alpha value is -3.58. The van der Waals surface area contributed by atoms with E-state index in [9.17, 15) is 19.5 Å². The third kappa shape index (κ3) is 4.24. The largest absolute Gasteiger partial charge is 0.480 e. The number of carboxylic acids is 1. The summed E-state index contributed by atoms with van der Waals surface area (Å²) in [7, 11) is 0. The molecule has 0 fully saturated rings. The van der Waals surface area contributed by atoms with Crippen LogP contribution in [0.3, 0.4) is 0 Å². The van der Waals surface area contributed by atoms with Gasteiger partial charge in [0.15, 0.2) is 0 Å². The van der Waals surface area contributed by atoms with E-state index in [2.05, 4.69) is 5.32 Å². The van der Waals surface area contributed by atoms with Gasteiger partial charge in [0.05, 0.1) is 18.2 Å². The van der Waals surface area contributed by atoms with Gasteiger partial charge in [-0.3, -0.25) is 4.79 Å². The molecule has 1 amide bonds. The zero-order chi connectivity index (χ0) is 23.0. The molecule has 2 N–H and O–H groups in total. The number of rotatable bonds is 6. The summed E-state index contributed by atoms with van der Waals surface area (Å²) in [6, 6.07) is 9.08. The molecule has 0 saturated carbocycles. The average molecular weight is 454 g/mol. The molecule has 1 atom stereocenters. The lowest BCUT2D eigenvalue weighted by atomic mass is 10.0. The normalized spacial score (nSPS) is 12.2. The summed E-state index contributed by atoms with van der Waals surface area (Å²) < 4.78 is 10.9. The van der Waals surface area contributed by atoms with Gasteiger partial charge in [0.1, 0.15) is 17.2 Å². The van der Waals surface area contributed by atoms with E-state index in [1.807, 2.05) is 13.0 Å². The van der Waals surface area contributed by atoms with Crippen LogP contribution in [0.5, 0.6) is 0 Å². The maximum Gasteiger partial charge on any atom is 0.340 e. The lowest BCUT2D eigenvalue weighted by Crippen LogP contribution is -2.43. The van der Waals surface area contributed by atoms with Gasteiger partial charge in [0.2, 0.25) is 5.91 Å². The van der Waals surface area contributed by atoms with Crippen molar-refractivity contribution < 1.29 is 23.5 Å². The summed E-state index contributed by atoms with van der Waals surface area (Å²) in [6.07, 6.45) is 1.41. The van der Waals surface area contributed by atoms with Gasteiger partial charge in [-0.05, 0) is 48.7 Å². The fourth-order valence-corrected chi connectivity index (χ4v) is 3.83. The highest BCUT2D eigenvalue weighted by Crippen LogP contribution is 2.28. The van der Waals surface area contributed by atoms with E-state index in [-0.39, 0.29) is 18.4 Å². The number of benzene rings is 2. The third-order valence-electron chi connectivity index (χ3n) is 5.50. The predicted octanol–water partition coefficient (Wildman–Crippen LogP) is 4.16. The lowest BCUT2D eigenvalue weighted by molar-refractivity contribution is -0.141. The van der Waals surface area contributed by atoms with Crippen LogP contribution >= 0.6 is 11.6 Å². The van der Waals surface area contributed by atoms with Crippen molar-refractivity contribution in [2.24, 2.45) is 0 Å². The standard InChI is InChI=1S/C24H20ClNO6/c1-12-11-31-20-10-21-17(8-16(12)20)13(2)18(24(30)32-21)9-22(27)26-19(23(28)29)7-14-3-5-15(25)6-4-14/h3-6,8,10-11,19H,7,9H2,1-2H3,(H,26,27)(H,28,29). The van der Waals surface area contributed by atoms with E-state index in [0.29, 0.717) is 32.7 Å². The van der Waals surface area contributed by atoms with Gasteiger partial charge in [-0.25, -0.2) is 9.59 Å². The second-order valence-electron chi connectivity index (χ2n) is 7.72. The molecule has 0 aliphatic heterocycles.